The topological polar surface area (TPSA) is 73.8 Å². The molecule has 0 radical (unpaired) electrons. The van der Waals surface area contributed by atoms with Gasteiger partial charge in [-0.3, -0.25) is 0 Å². The van der Waals surface area contributed by atoms with E-state index in [1.54, 1.807) is 30.4 Å². The summed E-state index contributed by atoms with van der Waals surface area (Å²) >= 11 is 0. The molecule has 0 aliphatic heterocycles. The monoisotopic (exact) mass is 512 g/mol. The Morgan fingerprint density at radius 3 is 1.11 bits per heavy atom. The van der Waals surface area contributed by atoms with E-state index in [1.807, 2.05) is 6.92 Å². The van der Waals surface area contributed by atoms with E-state index in [-0.39, 0.29) is 24.4 Å². The average Bonchev–Trinajstić information content (AvgIpc) is 2.89. The van der Waals surface area contributed by atoms with E-state index in [9.17, 15) is 0 Å². The lowest BCUT2D eigenvalue weighted by molar-refractivity contribution is -0.110. The molecule has 0 amide bonds. The lowest BCUT2D eigenvalue weighted by atomic mass is 10.3. The summed E-state index contributed by atoms with van der Waals surface area (Å²) in [5.41, 5.74) is 0. The van der Waals surface area contributed by atoms with Gasteiger partial charge >= 0.3 is 0 Å². The molecule has 36 heavy (non-hydrogen) atoms. The van der Waals surface area contributed by atoms with Gasteiger partial charge in [-0.05, 0) is 6.42 Å². The van der Waals surface area contributed by atoms with E-state index >= 15 is 0 Å². The van der Waals surface area contributed by atoms with Crippen LogP contribution >= 0.6 is 0 Å². The molecule has 0 fully saturated rings. The number of rotatable bonds is 29. The third kappa shape index (κ3) is 20.6. The highest BCUT2D eigenvalue weighted by atomic mass is 16.6. The van der Waals surface area contributed by atoms with E-state index in [1.165, 1.54) is 0 Å². The van der Waals surface area contributed by atoms with Crippen LogP contribution in [-0.4, -0.2) is 104 Å². The highest BCUT2D eigenvalue weighted by Crippen LogP contribution is 2.06. The number of hydrogen-bond acceptors (Lipinski definition) is 8. The van der Waals surface area contributed by atoms with Crippen LogP contribution in [0.4, 0.5) is 0 Å². The van der Waals surface area contributed by atoms with Gasteiger partial charge in [0.25, 0.3) is 0 Å². The first kappa shape index (κ1) is 34.4. The van der Waals surface area contributed by atoms with Crippen molar-refractivity contribution in [2.75, 3.05) is 79.3 Å². The SMILES string of the molecule is C=CCOCC(COCC(CC)OCC(COCC(COCC=C)OCC=C)OCC=C)OCC=C. The first-order chi connectivity index (χ1) is 17.6. The van der Waals surface area contributed by atoms with Crippen LogP contribution in [0.15, 0.2) is 63.3 Å². The maximum Gasteiger partial charge on any atom is 0.105 e. The van der Waals surface area contributed by atoms with Gasteiger partial charge in [-0.1, -0.05) is 37.3 Å². The van der Waals surface area contributed by atoms with Crippen LogP contribution in [0.2, 0.25) is 0 Å². The number of ether oxygens (including phenoxy) is 8. The quantitative estimate of drug-likeness (QED) is 0.110. The van der Waals surface area contributed by atoms with Crippen LogP contribution < -0.4 is 0 Å². The van der Waals surface area contributed by atoms with Crippen molar-refractivity contribution in [3.63, 3.8) is 0 Å². The van der Waals surface area contributed by atoms with E-state index in [4.69, 9.17) is 37.9 Å². The van der Waals surface area contributed by atoms with Crippen molar-refractivity contribution >= 4 is 0 Å². The van der Waals surface area contributed by atoms with Crippen LogP contribution in [0.5, 0.6) is 0 Å². The van der Waals surface area contributed by atoms with Crippen LogP contribution in [0.1, 0.15) is 13.3 Å². The molecule has 0 saturated carbocycles. The van der Waals surface area contributed by atoms with Crippen molar-refractivity contribution < 1.29 is 37.9 Å². The first-order valence-corrected chi connectivity index (χ1v) is 12.5. The van der Waals surface area contributed by atoms with Gasteiger partial charge in [0, 0.05) is 0 Å². The Morgan fingerprint density at radius 2 is 0.750 bits per heavy atom. The summed E-state index contributed by atoms with van der Waals surface area (Å²) in [5, 5.41) is 0. The third-order valence-corrected chi connectivity index (χ3v) is 4.62. The fourth-order valence-electron chi connectivity index (χ4n) is 2.80. The largest absolute Gasteiger partial charge is 0.376 e. The van der Waals surface area contributed by atoms with Crippen molar-refractivity contribution in [2.24, 2.45) is 0 Å². The van der Waals surface area contributed by atoms with Crippen molar-refractivity contribution in [2.45, 2.75) is 37.8 Å². The molecule has 0 saturated heterocycles. The molecule has 0 aromatic heterocycles. The fraction of sp³-hybridized carbons (Fsp3) is 0.643. The zero-order valence-corrected chi connectivity index (χ0v) is 22.2. The molecule has 0 aromatic rings. The predicted molar refractivity (Wildman–Crippen MR) is 144 cm³/mol. The summed E-state index contributed by atoms with van der Waals surface area (Å²) in [7, 11) is 0. The van der Waals surface area contributed by atoms with Crippen molar-refractivity contribution in [1.29, 1.82) is 0 Å². The van der Waals surface area contributed by atoms with Gasteiger partial charge < -0.3 is 37.9 Å². The molecule has 0 heterocycles. The van der Waals surface area contributed by atoms with E-state index in [2.05, 4.69) is 32.9 Å². The van der Waals surface area contributed by atoms with Crippen LogP contribution in [0.25, 0.3) is 0 Å². The van der Waals surface area contributed by atoms with Gasteiger partial charge in [0.1, 0.15) is 18.3 Å². The van der Waals surface area contributed by atoms with Gasteiger partial charge in [0.2, 0.25) is 0 Å². The molecule has 4 atom stereocenters. The van der Waals surface area contributed by atoms with Crippen molar-refractivity contribution in [3.8, 4) is 0 Å². The number of hydrogen-bond donors (Lipinski definition) is 0. The van der Waals surface area contributed by atoms with Gasteiger partial charge in [0.05, 0.1) is 85.4 Å². The molecule has 8 heteroatoms. The van der Waals surface area contributed by atoms with Gasteiger partial charge in [-0.2, -0.15) is 0 Å². The summed E-state index contributed by atoms with van der Waals surface area (Å²) in [6, 6.07) is 0. The molecule has 0 N–H and O–H groups in total. The predicted octanol–water partition coefficient (Wildman–Crippen LogP) is 3.93. The molecule has 0 aliphatic rings. The van der Waals surface area contributed by atoms with E-state index < -0.39 is 0 Å². The third-order valence-electron chi connectivity index (χ3n) is 4.62. The molecule has 208 valence electrons. The Balaban J connectivity index is 4.55. The summed E-state index contributed by atoms with van der Waals surface area (Å²) in [6.07, 6.45) is 8.52. The summed E-state index contributed by atoms with van der Waals surface area (Å²) in [4.78, 5) is 0. The van der Waals surface area contributed by atoms with Crippen molar-refractivity contribution in [3.05, 3.63) is 63.3 Å². The van der Waals surface area contributed by atoms with Crippen LogP contribution in [0, 0.1) is 0 Å². The minimum Gasteiger partial charge on any atom is -0.376 e. The summed E-state index contributed by atoms with van der Waals surface area (Å²) < 4.78 is 46.0. The molecule has 0 bridgehead atoms. The smallest absolute Gasteiger partial charge is 0.105 e. The maximum absolute atomic E-state index is 6.07. The Morgan fingerprint density at radius 1 is 0.417 bits per heavy atom. The van der Waals surface area contributed by atoms with Crippen LogP contribution in [-0.2, 0) is 37.9 Å². The molecular weight excluding hydrogens is 464 g/mol. The molecule has 0 spiro atoms. The van der Waals surface area contributed by atoms with E-state index in [0.29, 0.717) is 79.3 Å². The zero-order chi connectivity index (χ0) is 26.7. The summed E-state index contributed by atoms with van der Waals surface area (Å²) in [5.74, 6) is 0. The minimum atomic E-state index is -0.262. The highest BCUT2D eigenvalue weighted by Gasteiger charge is 2.17. The van der Waals surface area contributed by atoms with Gasteiger partial charge in [0.15, 0.2) is 0 Å². The standard InChI is InChI=1S/C28H48O8/c1-7-13-29-19-26(33-15-9-3)21-31-18-25(12-6)36-24-28(35-17-11-5)23-32-22-27(34-16-10-4)20-30-14-8-2/h7-11,25-28H,1-5,12-24H2,6H3. The molecular formula is C28H48O8. The van der Waals surface area contributed by atoms with Gasteiger partial charge in [-0.25, -0.2) is 0 Å². The zero-order valence-electron chi connectivity index (χ0n) is 22.2. The Hall–Kier alpha value is -1.62. The minimum absolute atomic E-state index is 0.0926. The highest BCUT2D eigenvalue weighted by molar-refractivity contribution is 4.71. The van der Waals surface area contributed by atoms with E-state index in [0.717, 1.165) is 6.42 Å². The Bertz CT molecular complexity index is 554. The lowest BCUT2D eigenvalue weighted by Crippen LogP contribution is -2.33. The molecule has 0 aliphatic carbocycles. The Kier molecular flexibility index (Phi) is 25.3. The molecule has 0 aromatic carbocycles. The second-order valence-corrected chi connectivity index (χ2v) is 7.82. The van der Waals surface area contributed by atoms with Crippen LogP contribution in [0.3, 0.4) is 0 Å². The van der Waals surface area contributed by atoms with Gasteiger partial charge in [-0.15, -0.1) is 32.9 Å². The normalized spacial score (nSPS) is 14.5. The molecule has 0 rings (SSSR count). The fourth-order valence-corrected chi connectivity index (χ4v) is 2.80. The average molecular weight is 513 g/mol. The molecule has 4 unspecified atom stereocenters. The second-order valence-electron chi connectivity index (χ2n) is 7.82. The first-order valence-electron chi connectivity index (χ1n) is 12.5. The summed E-state index contributed by atoms with van der Waals surface area (Å²) in [6.45, 7) is 25.3. The van der Waals surface area contributed by atoms with Crippen molar-refractivity contribution in [1.82, 2.24) is 0 Å². The maximum atomic E-state index is 6.07. The Labute approximate surface area is 218 Å². The molecule has 8 nitrogen and oxygen atoms in total. The second kappa shape index (κ2) is 26.4. The lowest BCUT2D eigenvalue weighted by Gasteiger charge is -2.24.